The van der Waals surface area contributed by atoms with Gasteiger partial charge in [0.2, 0.25) is 5.91 Å². The Balaban J connectivity index is 1.84. The van der Waals surface area contributed by atoms with Crippen LogP contribution in [0.5, 0.6) is 0 Å². The van der Waals surface area contributed by atoms with Crippen LogP contribution in [0.15, 0.2) is 6.33 Å². The highest BCUT2D eigenvalue weighted by Gasteiger charge is 2.22. The van der Waals surface area contributed by atoms with E-state index in [9.17, 15) is 4.79 Å². The molecule has 1 aliphatic rings. The fourth-order valence-electron chi connectivity index (χ4n) is 2.50. The fourth-order valence-corrected chi connectivity index (χ4v) is 2.50. The van der Waals surface area contributed by atoms with Crippen LogP contribution in [-0.4, -0.2) is 26.7 Å². The largest absolute Gasteiger partial charge is 0.351 e. The molecule has 0 bridgehead atoms. The molecule has 1 heterocycles. The minimum atomic E-state index is 0.0429. The lowest BCUT2D eigenvalue weighted by atomic mass is 9.86. The number of hydrogen-bond donors (Lipinski definition) is 1. The van der Waals surface area contributed by atoms with Gasteiger partial charge in [0, 0.05) is 12.5 Å². The van der Waals surface area contributed by atoms with Crippen LogP contribution in [0.25, 0.3) is 0 Å². The van der Waals surface area contributed by atoms with Gasteiger partial charge in [-0.1, -0.05) is 26.7 Å². The number of hydrogen-bond acceptors (Lipinski definition) is 3. The van der Waals surface area contributed by atoms with Crippen LogP contribution in [0, 0.1) is 5.92 Å². The first kappa shape index (κ1) is 13.1. The van der Waals surface area contributed by atoms with Crippen LogP contribution in [0.1, 0.15) is 45.4 Å². The van der Waals surface area contributed by atoms with Gasteiger partial charge >= 0.3 is 0 Å². The molecule has 0 saturated heterocycles. The monoisotopic (exact) mass is 250 g/mol. The molecular weight excluding hydrogens is 228 g/mol. The van der Waals surface area contributed by atoms with Crippen molar-refractivity contribution in [1.82, 2.24) is 20.1 Å². The van der Waals surface area contributed by atoms with Crippen molar-refractivity contribution in [3.63, 3.8) is 0 Å². The van der Waals surface area contributed by atoms with E-state index in [0.29, 0.717) is 12.0 Å². The topological polar surface area (TPSA) is 59.8 Å². The number of nitrogens with one attached hydrogen (secondary N) is 1. The molecule has 0 aromatic carbocycles. The van der Waals surface area contributed by atoms with Crippen LogP contribution < -0.4 is 5.32 Å². The second kappa shape index (κ2) is 5.98. The number of aromatic nitrogens is 3. The average Bonchev–Trinajstić information content (AvgIpc) is 2.80. The summed E-state index contributed by atoms with van der Waals surface area (Å²) in [5.74, 6) is 1.42. The highest BCUT2D eigenvalue weighted by atomic mass is 16.2. The third kappa shape index (κ3) is 3.31. The molecule has 1 saturated carbocycles. The normalized spacial score (nSPS) is 23.9. The average molecular weight is 250 g/mol. The van der Waals surface area contributed by atoms with Gasteiger partial charge in [-0.25, -0.2) is 9.67 Å². The second-order valence-corrected chi connectivity index (χ2v) is 5.15. The Kier molecular flexibility index (Phi) is 4.33. The lowest BCUT2D eigenvalue weighted by molar-refractivity contribution is -0.123. The molecule has 1 amide bonds. The van der Waals surface area contributed by atoms with E-state index < -0.39 is 0 Å². The van der Waals surface area contributed by atoms with E-state index in [-0.39, 0.29) is 12.5 Å². The maximum atomic E-state index is 11.9. The molecule has 0 unspecified atom stereocenters. The number of nitrogens with zero attached hydrogens (tertiary/aromatic N) is 3. The van der Waals surface area contributed by atoms with Gasteiger partial charge in [-0.05, 0) is 18.8 Å². The van der Waals surface area contributed by atoms with Gasteiger partial charge in [-0.3, -0.25) is 4.79 Å². The minimum Gasteiger partial charge on any atom is -0.351 e. The van der Waals surface area contributed by atoms with Crippen molar-refractivity contribution < 1.29 is 4.79 Å². The van der Waals surface area contributed by atoms with Gasteiger partial charge in [0.15, 0.2) is 0 Å². The zero-order valence-electron chi connectivity index (χ0n) is 11.2. The highest BCUT2D eigenvalue weighted by molar-refractivity contribution is 5.75. The molecule has 1 aromatic rings. The number of rotatable bonds is 4. The summed E-state index contributed by atoms with van der Waals surface area (Å²) in [6.45, 7) is 4.49. The minimum absolute atomic E-state index is 0.0429. The molecule has 18 heavy (non-hydrogen) atoms. The molecule has 1 aromatic heterocycles. The van der Waals surface area contributed by atoms with Crippen LogP contribution in [0.2, 0.25) is 0 Å². The van der Waals surface area contributed by atoms with Crippen LogP contribution in [0.4, 0.5) is 0 Å². The molecule has 2 rings (SSSR count). The summed E-state index contributed by atoms with van der Waals surface area (Å²) in [4.78, 5) is 16.0. The van der Waals surface area contributed by atoms with Gasteiger partial charge < -0.3 is 5.32 Å². The van der Waals surface area contributed by atoms with Gasteiger partial charge in [-0.2, -0.15) is 5.10 Å². The quantitative estimate of drug-likeness (QED) is 0.881. The Hall–Kier alpha value is -1.39. The predicted octanol–water partition coefficient (Wildman–Crippen LogP) is 1.54. The summed E-state index contributed by atoms with van der Waals surface area (Å²) >= 11 is 0. The molecule has 1 aliphatic carbocycles. The van der Waals surface area contributed by atoms with Gasteiger partial charge in [0.25, 0.3) is 0 Å². The van der Waals surface area contributed by atoms with E-state index in [1.807, 2.05) is 6.92 Å². The molecule has 2 atom stereocenters. The van der Waals surface area contributed by atoms with Crippen molar-refractivity contribution in [3.05, 3.63) is 12.2 Å². The number of aryl methyl sites for hydroxylation is 1. The highest BCUT2D eigenvalue weighted by Crippen LogP contribution is 2.23. The van der Waals surface area contributed by atoms with E-state index in [1.54, 1.807) is 11.0 Å². The maximum Gasteiger partial charge on any atom is 0.242 e. The number of carbonyl (C=O) groups is 1. The lowest BCUT2D eigenvalue weighted by Gasteiger charge is -2.29. The molecular formula is C13H22N4O. The smallest absolute Gasteiger partial charge is 0.242 e. The summed E-state index contributed by atoms with van der Waals surface area (Å²) in [6.07, 6.45) is 7.25. The van der Waals surface area contributed by atoms with E-state index in [1.165, 1.54) is 19.3 Å². The van der Waals surface area contributed by atoms with Crippen LogP contribution in [0.3, 0.4) is 0 Å². The first-order chi connectivity index (χ1) is 8.69. The summed E-state index contributed by atoms with van der Waals surface area (Å²) in [6, 6.07) is 0.334. The summed E-state index contributed by atoms with van der Waals surface area (Å²) < 4.78 is 1.61. The molecule has 5 heteroatoms. The van der Waals surface area contributed by atoms with Crippen LogP contribution in [-0.2, 0) is 17.8 Å². The van der Waals surface area contributed by atoms with E-state index in [2.05, 4.69) is 22.3 Å². The van der Waals surface area contributed by atoms with E-state index >= 15 is 0 Å². The first-order valence-electron chi connectivity index (χ1n) is 6.86. The Bertz CT molecular complexity index is 401. The number of amides is 1. The molecule has 0 aliphatic heterocycles. The Morgan fingerprint density at radius 2 is 2.28 bits per heavy atom. The molecule has 0 spiro atoms. The van der Waals surface area contributed by atoms with Crippen molar-refractivity contribution >= 4 is 5.91 Å². The Morgan fingerprint density at radius 1 is 1.50 bits per heavy atom. The second-order valence-electron chi connectivity index (χ2n) is 5.15. The van der Waals surface area contributed by atoms with Gasteiger partial charge in [0.05, 0.1) is 0 Å². The standard InChI is InChI=1S/C13H22N4O/c1-3-12-14-9-17(16-12)8-13(18)15-11-7-5-4-6-10(11)2/h9-11H,3-8H2,1-2H3,(H,15,18)/t10-,11-/m0/s1. The summed E-state index contributed by atoms with van der Waals surface area (Å²) in [5, 5.41) is 7.34. The molecule has 1 N–H and O–H groups in total. The lowest BCUT2D eigenvalue weighted by Crippen LogP contribution is -2.42. The van der Waals surface area contributed by atoms with E-state index in [4.69, 9.17) is 0 Å². The Morgan fingerprint density at radius 3 is 2.94 bits per heavy atom. The maximum absolute atomic E-state index is 11.9. The van der Waals surface area contributed by atoms with Crippen molar-refractivity contribution in [2.75, 3.05) is 0 Å². The van der Waals surface area contributed by atoms with Crippen LogP contribution >= 0.6 is 0 Å². The first-order valence-corrected chi connectivity index (χ1v) is 6.86. The third-order valence-electron chi connectivity index (χ3n) is 3.66. The SMILES string of the molecule is CCc1ncn(CC(=O)N[C@H]2CCCC[C@@H]2C)n1. The van der Waals surface area contributed by atoms with E-state index in [0.717, 1.165) is 18.7 Å². The summed E-state index contributed by atoms with van der Waals surface area (Å²) in [5.41, 5.74) is 0. The molecule has 0 radical (unpaired) electrons. The van der Waals surface area contributed by atoms with Crippen molar-refractivity contribution in [2.45, 2.75) is 58.5 Å². The third-order valence-corrected chi connectivity index (χ3v) is 3.66. The zero-order valence-corrected chi connectivity index (χ0v) is 11.2. The molecule has 100 valence electrons. The van der Waals surface area contributed by atoms with Gasteiger partial charge in [0.1, 0.15) is 18.7 Å². The molecule has 5 nitrogen and oxygen atoms in total. The van der Waals surface area contributed by atoms with Gasteiger partial charge in [-0.15, -0.1) is 0 Å². The van der Waals surface area contributed by atoms with Crippen molar-refractivity contribution in [3.8, 4) is 0 Å². The zero-order chi connectivity index (χ0) is 13.0. The fraction of sp³-hybridized carbons (Fsp3) is 0.769. The number of carbonyl (C=O) groups excluding carboxylic acids is 1. The molecule has 1 fully saturated rings. The van der Waals surface area contributed by atoms with Crippen molar-refractivity contribution in [2.24, 2.45) is 5.92 Å². The predicted molar refractivity (Wildman–Crippen MR) is 69.0 cm³/mol. The Labute approximate surface area is 108 Å². The van der Waals surface area contributed by atoms with Crippen molar-refractivity contribution in [1.29, 1.82) is 0 Å². The summed E-state index contributed by atoms with van der Waals surface area (Å²) in [7, 11) is 0.